The zero-order chi connectivity index (χ0) is 12.1. The molecule has 94 valence electrons. The second kappa shape index (κ2) is 6.01. The highest BCUT2D eigenvalue weighted by Crippen LogP contribution is 2.29. The van der Waals surface area contributed by atoms with E-state index in [2.05, 4.69) is 23.3 Å². The van der Waals surface area contributed by atoms with Crippen LogP contribution in [-0.4, -0.2) is 17.6 Å². The summed E-state index contributed by atoms with van der Waals surface area (Å²) >= 11 is 0. The largest absolute Gasteiger partial charge is 0.384 e. The predicted molar refractivity (Wildman–Crippen MR) is 71.8 cm³/mol. The zero-order valence-corrected chi connectivity index (χ0v) is 10.7. The van der Waals surface area contributed by atoms with E-state index in [0.717, 1.165) is 18.9 Å². The fourth-order valence-corrected chi connectivity index (χ4v) is 2.90. The molecule has 1 aliphatic carbocycles. The fraction of sp³-hybridized carbons (Fsp3) is 0.643. The number of pyridine rings is 1. The molecule has 1 heterocycles. The molecule has 1 fully saturated rings. The van der Waals surface area contributed by atoms with Gasteiger partial charge in [0.05, 0.1) is 0 Å². The SMILES string of the molecule is CCNC(Cc1ccnc(N)c1)C1CCCC1. The van der Waals surface area contributed by atoms with Crippen LogP contribution in [0.1, 0.15) is 38.2 Å². The Bertz CT molecular complexity index is 345. The topological polar surface area (TPSA) is 50.9 Å². The van der Waals surface area contributed by atoms with Crippen molar-refractivity contribution in [3.8, 4) is 0 Å². The number of nitrogens with zero attached hydrogens (tertiary/aromatic N) is 1. The molecule has 0 amide bonds. The molecule has 2 rings (SSSR count). The summed E-state index contributed by atoms with van der Waals surface area (Å²) in [7, 11) is 0. The Hall–Kier alpha value is -1.09. The summed E-state index contributed by atoms with van der Waals surface area (Å²) in [6.45, 7) is 3.23. The number of likely N-dealkylation sites (N-methyl/N-ethyl adjacent to an activating group) is 1. The Kier molecular flexibility index (Phi) is 4.37. The Morgan fingerprint density at radius 2 is 2.24 bits per heavy atom. The number of hydrogen-bond acceptors (Lipinski definition) is 3. The summed E-state index contributed by atoms with van der Waals surface area (Å²) in [5.41, 5.74) is 7.03. The van der Waals surface area contributed by atoms with Crippen LogP contribution in [0.15, 0.2) is 18.3 Å². The van der Waals surface area contributed by atoms with Crippen molar-refractivity contribution in [3.63, 3.8) is 0 Å². The molecule has 1 atom stereocenters. The van der Waals surface area contributed by atoms with Gasteiger partial charge >= 0.3 is 0 Å². The number of rotatable bonds is 5. The summed E-state index contributed by atoms with van der Waals surface area (Å²) in [6.07, 6.45) is 8.42. The maximum Gasteiger partial charge on any atom is 0.123 e. The molecule has 0 radical (unpaired) electrons. The number of nitrogen functional groups attached to an aromatic ring is 1. The normalized spacial score (nSPS) is 18.4. The van der Waals surface area contributed by atoms with Crippen LogP contribution in [-0.2, 0) is 6.42 Å². The summed E-state index contributed by atoms with van der Waals surface area (Å²) in [6, 6.07) is 4.68. The molecular formula is C14H23N3. The first-order chi connectivity index (χ1) is 8.29. The van der Waals surface area contributed by atoms with Gasteiger partial charge in [-0.3, -0.25) is 0 Å². The second-order valence-electron chi connectivity index (χ2n) is 5.00. The molecule has 3 N–H and O–H groups in total. The average Bonchev–Trinajstić information content (AvgIpc) is 2.82. The van der Waals surface area contributed by atoms with Crippen LogP contribution in [0.2, 0.25) is 0 Å². The average molecular weight is 233 g/mol. The first kappa shape index (κ1) is 12.4. The highest BCUT2D eigenvalue weighted by Gasteiger charge is 2.24. The number of nitrogens with two attached hydrogens (primary N) is 1. The van der Waals surface area contributed by atoms with Gasteiger partial charge in [0.15, 0.2) is 0 Å². The lowest BCUT2D eigenvalue weighted by atomic mass is 9.92. The van der Waals surface area contributed by atoms with Gasteiger partial charge in [-0.25, -0.2) is 4.98 Å². The first-order valence-corrected chi connectivity index (χ1v) is 6.73. The van der Waals surface area contributed by atoms with E-state index in [4.69, 9.17) is 5.73 Å². The van der Waals surface area contributed by atoms with E-state index < -0.39 is 0 Å². The Morgan fingerprint density at radius 1 is 1.47 bits per heavy atom. The maximum absolute atomic E-state index is 5.73. The predicted octanol–water partition coefficient (Wildman–Crippen LogP) is 2.37. The lowest BCUT2D eigenvalue weighted by Gasteiger charge is -2.24. The molecular weight excluding hydrogens is 210 g/mol. The minimum atomic E-state index is 0.601. The van der Waals surface area contributed by atoms with E-state index in [9.17, 15) is 0 Å². The Balaban J connectivity index is 2.01. The van der Waals surface area contributed by atoms with Crippen molar-refractivity contribution in [3.05, 3.63) is 23.9 Å². The van der Waals surface area contributed by atoms with Crippen LogP contribution >= 0.6 is 0 Å². The molecule has 1 unspecified atom stereocenters. The number of hydrogen-bond donors (Lipinski definition) is 2. The van der Waals surface area contributed by atoms with E-state index in [1.54, 1.807) is 0 Å². The van der Waals surface area contributed by atoms with Gasteiger partial charge in [0.2, 0.25) is 0 Å². The molecule has 0 saturated heterocycles. The number of anilines is 1. The van der Waals surface area contributed by atoms with Crippen molar-refractivity contribution in [1.82, 2.24) is 10.3 Å². The number of aromatic nitrogens is 1. The molecule has 0 aliphatic heterocycles. The quantitative estimate of drug-likeness (QED) is 0.821. The summed E-state index contributed by atoms with van der Waals surface area (Å²) in [5, 5.41) is 3.63. The third-order valence-electron chi connectivity index (χ3n) is 3.74. The highest BCUT2D eigenvalue weighted by atomic mass is 14.9. The maximum atomic E-state index is 5.73. The summed E-state index contributed by atoms with van der Waals surface area (Å²) < 4.78 is 0. The lowest BCUT2D eigenvalue weighted by molar-refractivity contribution is 0.362. The van der Waals surface area contributed by atoms with Crippen molar-refractivity contribution < 1.29 is 0 Å². The second-order valence-corrected chi connectivity index (χ2v) is 5.00. The molecule has 3 heteroatoms. The molecule has 0 spiro atoms. The lowest BCUT2D eigenvalue weighted by Crippen LogP contribution is -2.36. The Morgan fingerprint density at radius 3 is 2.88 bits per heavy atom. The van der Waals surface area contributed by atoms with E-state index in [1.165, 1.54) is 31.2 Å². The summed E-state index contributed by atoms with van der Waals surface area (Å²) in [5.74, 6) is 1.47. The monoisotopic (exact) mass is 233 g/mol. The molecule has 1 aliphatic rings. The van der Waals surface area contributed by atoms with Crippen LogP contribution in [0.25, 0.3) is 0 Å². The Labute approximate surface area is 104 Å². The molecule has 17 heavy (non-hydrogen) atoms. The van der Waals surface area contributed by atoms with Gasteiger partial charge in [0.25, 0.3) is 0 Å². The highest BCUT2D eigenvalue weighted by molar-refractivity contribution is 5.32. The van der Waals surface area contributed by atoms with Crippen molar-refractivity contribution in [1.29, 1.82) is 0 Å². The van der Waals surface area contributed by atoms with E-state index in [0.29, 0.717) is 11.9 Å². The van der Waals surface area contributed by atoms with Crippen LogP contribution in [0.3, 0.4) is 0 Å². The number of nitrogens with one attached hydrogen (secondary N) is 1. The van der Waals surface area contributed by atoms with E-state index in [-0.39, 0.29) is 0 Å². The first-order valence-electron chi connectivity index (χ1n) is 6.73. The zero-order valence-electron chi connectivity index (χ0n) is 10.7. The third kappa shape index (κ3) is 3.43. The van der Waals surface area contributed by atoms with Crippen molar-refractivity contribution in [2.24, 2.45) is 5.92 Å². The third-order valence-corrected chi connectivity index (χ3v) is 3.74. The molecule has 1 saturated carbocycles. The minimum Gasteiger partial charge on any atom is -0.384 e. The van der Waals surface area contributed by atoms with Gasteiger partial charge < -0.3 is 11.1 Å². The molecule has 0 aromatic carbocycles. The van der Waals surface area contributed by atoms with Crippen molar-refractivity contribution >= 4 is 5.82 Å². The smallest absolute Gasteiger partial charge is 0.123 e. The molecule has 3 nitrogen and oxygen atoms in total. The molecule has 1 aromatic rings. The molecule has 0 bridgehead atoms. The molecule has 1 aromatic heterocycles. The fourth-order valence-electron chi connectivity index (χ4n) is 2.90. The van der Waals surface area contributed by atoms with Crippen molar-refractivity contribution in [2.45, 2.75) is 45.1 Å². The van der Waals surface area contributed by atoms with Gasteiger partial charge in [-0.2, -0.15) is 0 Å². The van der Waals surface area contributed by atoms with Crippen LogP contribution in [0.5, 0.6) is 0 Å². The van der Waals surface area contributed by atoms with Gasteiger partial charge in [0, 0.05) is 12.2 Å². The summed E-state index contributed by atoms with van der Waals surface area (Å²) in [4.78, 5) is 4.05. The van der Waals surface area contributed by atoms with E-state index >= 15 is 0 Å². The van der Waals surface area contributed by atoms with E-state index in [1.807, 2.05) is 12.3 Å². The van der Waals surface area contributed by atoms with Gasteiger partial charge in [-0.15, -0.1) is 0 Å². The van der Waals surface area contributed by atoms with Gasteiger partial charge in [-0.1, -0.05) is 19.8 Å². The van der Waals surface area contributed by atoms with Crippen LogP contribution in [0, 0.1) is 5.92 Å². The van der Waals surface area contributed by atoms with Gasteiger partial charge in [0.1, 0.15) is 5.82 Å². The minimum absolute atomic E-state index is 0.601. The van der Waals surface area contributed by atoms with Gasteiger partial charge in [-0.05, 0) is 49.4 Å². The van der Waals surface area contributed by atoms with Crippen molar-refractivity contribution in [2.75, 3.05) is 12.3 Å². The van der Waals surface area contributed by atoms with Crippen LogP contribution in [0.4, 0.5) is 5.82 Å². The standard InChI is InChI=1S/C14H23N3/c1-2-16-13(12-5-3-4-6-12)9-11-7-8-17-14(15)10-11/h7-8,10,12-13,16H,2-6,9H2,1H3,(H2,15,17). The van der Waals surface area contributed by atoms with Crippen LogP contribution < -0.4 is 11.1 Å².